The standard InChI is InChI=1S/C8H11N3S.C5H10/c1-8(2,3)6-4-7(11-10-6)12-5-9;1-2-4-5-3-1/h4H,1-3H3,(H,10,11);1-5H2. The Morgan fingerprint density at radius 2 is 1.76 bits per heavy atom. The van der Waals surface area contributed by atoms with Gasteiger partial charge in [-0.1, -0.05) is 52.9 Å². The van der Waals surface area contributed by atoms with E-state index in [9.17, 15) is 0 Å². The summed E-state index contributed by atoms with van der Waals surface area (Å²) in [6, 6.07) is 1.91. The van der Waals surface area contributed by atoms with Crippen molar-refractivity contribution in [1.82, 2.24) is 10.2 Å². The Bertz CT molecular complexity index is 359. The second-order valence-electron chi connectivity index (χ2n) is 5.33. The summed E-state index contributed by atoms with van der Waals surface area (Å²) in [4.78, 5) is 0. The van der Waals surface area contributed by atoms with Crippen LogP contribution >= 0.6 is 11.8 Å². The molecule has 0 radical (unpaired) electrons. The summed E-state index contributed by atoms with van der Waals surface area (Å²) >= 11 is 1.08. The largest absolute Gasteiger partial charge is 0.281 e. The summed E-state index contributed by atoms with van der Waals surface area (Å²) in [7, 11) is 0. The summed E-state index contributed by atoms with van der Waals surface area (Å²) < 4.78 is 0. The van der Waals surface area contributed by atoms with E-state index in [1.807, 2.05) is 11.5 Å². The first kappa shape index (κ1) is 14.1. The molecular weight excluding hydrogens is 230 g/mol. The van der Waals surface area contributed by atoms with Gasteiger partial charge in [0.05, 0.1) is 0 Å². The minimum absolute atomic E-state index is 0.0707. The molecule has 0 atom stereocenters. The molecule has 0 unspecified atom stereocenters. The molecule has 3 nitrogen and oxygen atoms in total. The Balaban J connectivity index is 0.000000239. The first-order valence-corrected chi connectivity index (χ1v) is 6.97. The molecule has 17 heavy (non-hydrogen) atoms. The van der Waals surface area contributed by atoms with E-state index in [2.05, 4.69) is 31.0 Å². The van der Waals surface area contributed by atoms with Crippen LogP contribution in [0.15, 0.2) is 11.1 Å². The number of thiocyanates is 1. The summed E-state index contributed by atoms with van der Waals surface area (Å²) in [5, 5.41) is 18.0. The minimum Gasteiger partial charge on any atom is -0.281 e. The zero-order valence-corrected chi connectivity index (χ0v) is 11.7. The van der Waals surface area contributed by atoms with Crippen LogP contribution in [-0.2, 0) is 5.41 Å². The monoisotopic (exact) mass is 251 g/mol. The Hall–Kier alpha value is -0.950. The van der Waals surface area contributed by atoms with E-state index in [4.69, 9.17) is 5.26 Å². The highest BCUT2D eigenvalue weighted by Gasteiger charge is 2.16. The molecule has 0 aliphatic heterocycles. The second kappa shape index (κ2) is 6.70. The van der Waals surface area contributed by atoms with Gasteiger partial charge in [0.1, 0.15) is 10.4 Å². The van der Waals surface area contributed by atoms with E-state index in [1.54, 1.807) is 0 Å². The molecule has 0 spiro atoms. The van der Waals surface area contributed by atoms with Crippen LogP contribution in [0.4, 0.5) is 0 Å². The third-order valence-corrected chi connectivity index (χ3v) is 3.27. The lowest BCUT2D eigenvalue weighted by molar-refractivity contribution is 0.567. The van der Waals surface area contributed by atoms with Gasteiger partial charge >= 0.3 is 0 Å². The fourth-order valence-corrected chi connectivity index (χ4v) is 2.03. The van der Waals surface area contributed by atoms with Crippen LogP contribution in [0.25, 0.3) is 0 Å². The van der Waals surface area contributed by atoms with Crippen LogP contribution in [0.2, 0.25) is 0 Å². The summed E-state index contributed by atoms with van der Waals surface area (Å²) in [6.45, 7) is 6.30. The lowest BCUT2D eigenvalue weighted by Crippen LogP contribution is -2.11. The molecule has 1 saturated carbocycles. The number of hydrogen-bond donors (Lipinski definition) is 1. The first-order valence-electron chi connectivity index (χ1n) is 6.16. The van der Waals surface area contributed by atoms with Crippen molar-refractivity contribution in [3.63, 3.8) is 0 Å². The molecule has 1 heterocycles. The van der Waals surface area contributed by atoms with Gasteiger partial charge in [0.15, 0.2) is 0 Å². The van der Waals surface area contributed by atoms with Crippen LogP contribution in [0.5, 0.6) is 0 Å². The van der Waals surface area contributed by atoms with E-state index in [0.717, 1.165) is 22.5 Å². The average Bonchev–Trinajstić information content (AvgIpc) is 2.90. The van der Waals surface area contributed by atoms with Crippen LogP contribution in [-0.4, -0.2) is 10.2 Å². The predicted octanol–water partition coefficient (Wildman–Crippen LogP) is 4.23. The molecule has 1 aliphatic carbocycles. The second-order valence-corrected chi connectivity index (χ2v) is 6.14. The third kappa shape index (κ3) is 5.27. The molecule has 1 N–H and O–H groups in total. The van der Waals surface area contributed by atoms with Gasteiger partial charge < -0.3 is 0 Å². The van der Waals surface area contributed by atoms with Crippen molar-refractivity contribution in [3.8, 4) is 5.40 Å². The van der Waals surface area contributed by atoms with Crippen molar-refractivity contribution >= 4 is 11.8 Å². The summed E-state index contributed by atoms with van der Waals surface area (Å²) in [5.74, 6) is 0. The lowest BCUT2D eigenvalue weighted by Gasteiger charge is -2.14. The first-order chi connectivity index (χ1) is 8.04. The van der Waals surface area contributed by atoms with Gasteiger partial charge in [0, 0.05) is 22.9 Å². The molecule has 0 aromatic carbocycles. The molecule has 94 valence electrons. The van der Waals surface area contributed by atoms with Crippen molar-refractivity contribution in [1.29, 1.82) is 5.26 Å². The van der Waals surface area contributed by atoms with Gasteiger partial charge in [-0.05, 0) is 6.07 Å². The highest BCUT2D eigenvalue weighted by molar-refractivity contribution is 8.03. The number of thioether (sulfide) groups is 1. The van der Waals surface area contributed by atoms with Gasteiger partial charge in [-0.3, -0.25) is 5.10 Å². The molecule has 1 aromatic heterocycles. The van der Waals surface area contributed by atoms with Crippen molar-refractivity contribution in [3.05, 3.63) is 11.8 Å². The molecule has 1 aliphatic rings. The fraction of sp³-hybridized carbons (Fsp3) is 0.692. The Kier molecular flexibility index (Phi) is 5.57. The Morgan fingerprint density at radius 1 is 1.24 bits per heavy atom. The van der Waals surface area contributed by atoms with Gasteiger partial charge in [0.25, 0.3) is 0 Å². The molecule has 1 aromatic rings. The zero-order chi connectivity index (χ0) is 12.7. The molecule has 4 heteroatoms. The SMILES string of the molecule is C1CCCC1.CC(C)(C)c1cc(SC#N)n[nH]1. The molecule has 0 amide bonds. The Morgan fingerprint density at radius 3 is 2.12 bits per heavy atom. The quantitative estimate of drug-likeness (QED) is 0.600. The van der Waals surface area contributed by atoms with E-state index < -0.39 is 0 Å². The van der Waals surface area contributed by atoms with Gasteiger partial charge in [-0.25, -0.2) is 0 Å². The van der Waals surface area contributed by atoms with E-state index >= 15 is 0 Å². The molecule has 2 rings (SSSR count). The van der Waals surface area contributed by atoms with Crippen molar-refractivity contribution in [2.75, 3.05) is 0 Å². The molecule has 0 saturated heterocycles. The number of rotatable bonds is 1. The normalized spacial score (nSPS) is 14.9. The summed E-state index contributed by atoms with van der Waals surface area (Å²) in [5.41, 5.74) is 1.13. The predicted molar refractivity (Wildman–Crippen MR) is 71.8 cm³/mol. The topological polar surface area (TPSA) is 52.5 Å². The number of nitriles is 1. The number of nitrogens with zero attached hydrogens (tertiary/aromatic N) is 2. The highest BCUT2D eigenvalue weighted by Crippen LogP contribution is 2.23. The van der Waals surface area contributed by atoms with Crippen LogP contribution in [0.1, 0.15) is 58.6 Å². The minimum atomic E-state index is 0.0707. The lowest BCUT2D eigenvalue weighted by atomic mass is 9.93. The molecular formula is C13H21N3S. The fourth-order valence-electron chi connectivity index (χ4n) is 1.67. The number of aromatic nitrogens is 2. The van der Waals surface area contributed by atoms with Crippen molar-refractivity contribution in [2.24, 2.45) is 0 Å². The summed E-state index contributed by atoms with van der Waals surface area (Å²) in [6.07, 6.45) is 7.50. The molecule has 0 bridgehead atoms. The average molecular weight is 251 g/mol. The van der Waals surface area contributed by atoms with Gasteiger partial charge in [-0.15, -0.1) is 0 Å². The van der Waals surface area contributed by atoms with Crippen LogP contribution in [0, 0.1) is 10.7 Å². The van der Waals surface area contributed by atoms with Crippen molar-refractivity contribution in [2.45, 2.75) is 63.3 Å². The number of hydrogen-bond acceptors (Lipinski definition) is 3. The molecule has 1 fully saturated rings. The third-order valence-electron chi connectivity index (χ3n) is 2.76. The maximum atomic E-state index is 8.39. The van der Waals surface area contributed by atoms with E-state index in [-0.39, 0.29) is 5.41 Å². The highest BCUT2D eigenvalue weighted by atomic mass is 32.2. The van der Waals surface area contributed by atoms with Crippen molar-refractivity contribution < 1.29 is 0 Å². The van der Waals surface area contributed by atoms with Gasteiger partial charge in [0.2, 0.25) is 0 Å². The number of nitrogens with one attached hydrogen (secondary N) is 1. The number of aromatic amines is 1. The smallest absolute Gasteiger partial charge is 0.140 e. The van der Waals surface area contributed by atoms with E-state index in [1.165, 1.54) is 32.1 Å². The Labute approximate surface area is 108 Å². The van der Waals surface area contributed by atoms with Crippen LogP contribution in [0.3, 0.4) is 0 Å². The maximum Gasteiger partial charge on any atom is 0.140 e. The zero-order valence-electron chi connectivity index (χ0n) is 10.9. The maximum absolute atomic E-state index is 8.39. The van der Waals surface area contributed by atoms with E-state index in [0.29, 0.717) is 0 Å². The van der Waals surface area contributed by atoms with Gasteiger partial charge in [-0.2, -0.15) is 10.4 Å². The van der Waals surface area contributed by atoms with Crippen LogP contribution < -0.4 is 0 Å². The number of H-pyrrole nitrogens is 1.